The molecule has 0 radical (unpaired) electrons. The topological polar surface area (TPSA) is 80.1 Å². The number of hydrogen-bond donors (Lipinski definition) is 1. The van der Waals surface area contributed by atoms with Crippen molar-refractivity contribution >= 4 is 11.9 Å². The van der Waals surface area contributed by atoms with Gasteiger partial charge in [-0.15, -0.1) is 0 Å². The van der Waals surface area contributed by atoms with Crippen LogP contribution in [0, 0.1) is 0 Å². The lowest BCUT2D eigenvalue weighted by atomic mass is 10.3. The molecule has 0 aliphatic carbocycles. The van der Waals surface area contributed by atoms with E-state index in [1.54, 1.807) is 31.0 Å². The summed E-state index contributed by atoms with van der Waals surface area (Å²) < 4.78 is 11.0. The summed E-state index contributed by atoms with van der Waals surface area (Å²) in [6.45, 7) is 4.48. The van der Waals surface area contributed by atoms with Gasteiger partial charge in [0.15, 0.2) is 18.1 Å². The largest absolute Gasteiger partial charge is 0.463 e. The third-order valence-electron chi connectivity index (χ3n) is 4.88. The first kappa shape index (κ1) is 18.2. The Labute approximate surface area is 163 Å². The van der Waals surface area contributed by atoms with Crippen LogP contribution in [0.4, 0.5) is 5.95 Å². The van der Waals surface area contributed by atoms with Crippen molar-refractivity contribution in [2.24, 2.45) is 0 Å². The Balaban J connectivity index is 1.34. The van der Waals surface area contributed by atoms with E-state index in [4.69, 9.17) is 8.83 Å². The molecule has 8 nitrogen and oxygen atoms in total. The van der Waals surface area contributed by atoms with Gasteiger partial charge in [-0.05, 0) is 30.3 Å². The van der Waals surface area contributed by atoms with E-state index in [9.17, 15) is 4.79 Å². The van der Waals surface area contributed by atoms with Gasteiger partial charge in [0, 0.05) is 38.6 Å². The number of quaternary nitrogens is 1. The van der Waals surface area contributed by atoms with Gasteiger partial charge in [-0.25, -0.2) is 9.97 Å². The molecule has 146 valence electrons. The summed E-state index contributed by atoms with van der Waals surface area (Å²) >= 11 is 0. The SMILES string of the molecule is O=C(C[NH+](Cc1ccco1)Cc1ccco1)N1CCN(c2ncccn2)CC1. The van der Waals surface area contributed by atoms with Gasteiger partial charge in [0.25, 0.3) is 5.91 Å². The third kappa shape index (κ3) is 4.58. The van der Waals surface area contributed by atoms with Crippen LogP contribution >= 0.6 is 0 Å². The number of aromatic nitrogens is 2. The highest BCUT2D eigenvalue weighted by molar-refractivity contribution is 5.77. The van der Waals surface area contributed by atoms with Crippen LogP contribution in [0.2, 0.25) is 0 Å². The van der Waals surface area contributed by atoms with E-state index in [1.165, 1.54) is 0 Å². The maximum atomic E-state index is 12.9. The van der Waals surface area contributed by atoms with Crippen molar-refractivity contribution in [3.8, 4) is 0 Å². The van der Waals surface area contributed by atoms with Gasteiger partial charge < -0.3 is 23.5 Å². The van der Waals surface area contributed by atoms with E-state index in [0.29, 0.717) is 32.7 Å². The van der Waals surface area contributed by atoms with Crippen LogP contribution in [0.5, 0.6) is 0 Å². The molecule has 0 saturated carbocycles. The quantitative estimate of drug-likeness (QED) is 0.645. The highest BCUT2D eigenvalue weighted by atomic mass is 16.3. The predicted molar refractivity (Wildman–Crippen MR) is 101 cm³/mol. The molecule has 28 heavy (non-hydrogen) atoms. The molecule has 0 spiro atoms. The van der Waals surface area contributed by atoms with E-state index in [0.717, 1.165) is 35.5 Å². The summed E-state index contributed by atoms with van der Waals surface area (Å²) in [7, 11) is 0. The zero-order valence-electron chi connectivity index (χ0n) is 15.7. The van der Waals surface area contributed by atoms with Gasteiger partial charge in [-0.2, -0.15) is 0 Å². The summed E-state index contributed by atoms with van der Waals surface area (Å²) in [6.07, 6.45) is 6.80. The third-order valence-corrected chi connectivity index (χ3v) is 4.88. The molecule has 1 aliphatic heterocycles. The molecule has 0 bridgehead atoms. The summed E-state index contributed by atoms with van der Waals surface area (Å²) in [6, 6.07) is 9.41. The second kappa shape index (κ2) is 8.71. The minimum absolute atomic E-state index is 0.141. The summed E-state index contributed by atoms with van der Waals surface area (Å²) in [5.74, 6) is 2.58. The highest BCUT2D eigenvalue weighted by Crippen LogP contribution is 2.09. The fourth-order valence-corrected chi connectivity index (χ4v) is 3.44. The lowest BCUT2D eigenvalue weighted by Gasteiger charge is -2.35. The van der Waals surface area contributed by atoms with Crippen molar-refractivity contribution < 1.29 is 18.5 Å². The summed E-state index contributed by atoms with van der Waals surface area (Å²) in [5.41, 5.74) is 0. The minimum atomic E-state index is 0.141. The number of hydrogen-bond acceptors (Lipinski definition) is 6. The number of anilines is 1. The first-order chi connectivity index (χ1) is 13.8. The lowest BCUT2D eigenvalue weighted by Crippen LogP contribution is -3.10. The van der Waals surface area contributed by atoms with E-state index in [2.05, 4.69) is 14.9 Å². The maximum absolute atomic E-state index is 12.9. The molecule has 8 heteroatoms. The molecule has 3 aromatic heterocycles. The number of carbonyl (C=O) groups excluding carboxylic acids is 1. The monoisotopic (exact) mass is 382 g/mol. The van der Waals surface area contributed by atoms with E-state index in [-0.39, 0.29) is 5.91 Å². The number of piperazine rings is 1. The summed E-state index contributed by atoms with van der Waals surface area (Å²) in [5, 5.41) is 0. The highest BCUT2D eigenvalue weighted by Gasteiger charge is 2.26. The second-order valence-corrected chi connectivity index (χ2v) is 6.86. The number of rotatable bonds is 7. The predicted octanol–water partition coefficient (Wildman–Crippen LogP) is 0.596. The van der Waals surface area contributed by atoms with Crippen molar-refractivity contribution in [2.75, 3.05) is 37.6 Å². The minimum Gasteiger partial charge on any atom is -0.463 e. The molecular weight excluding hydrogens is 358 g/mol. The number of nitrogens with zero attached hydrogens (tertiary/aromatic N) is 4. The molecule has 0 aromatic carbocycles. The van der Waals surface area contributed by atoms with Gasteiger partial charge in [0.1, 0.15) is 13.1 Å². The fraction of sp³-hybridized carbons (Fsp3) is 0.350. The van der Waals surface area contributed by atoms with Crippen LogP contribution in [0.25, 0.3) is 0 Å². The molecule has 1 saturated heterocycles. The van der Waals surface area contributed by atoms with Crippen molar-refractivity contribution in [1.82, 2.24) is 14.9 Å². The number of furan rings is 2. The van der Waals surface area contributed by atoms with Crippen LogP contribution in [0.15, 0.2) is 64.1 Å². The average molecular weight is 382 g/mol. The smallest absolute Gasteiger partial charge is 0.277 e. The van der Waals surface area contributed by atoms with Gasteiger partial charge in [0.05, 0.1) is 12.5 Å². The Bertz CT molecular complexity index is 807. The molecular formula is C20H24N5O3+. The Morgan fingerprint density at radius 2 is 1.54 bits per heavy atom. The van der Waals surface area contributed by atoms with Crippen molar-refractivity contribution in [3.63, 3.8) is 0 Å². The molecule has 1 N–H and O–H groups in total. The Morgan fingerprint density at radius 3 is 2.07 bits per heavy atom. The van der Waals surface area contributed by atoms with Gasteiger partial charge in [-0.1, -0.05) is 0 Å². The Kier molecular flexibility index (Phi) is 5.67. The molecule has 4 heterocycles. The van der Waals surface area contributed by atoms with E-state index < -0.39 is 0 Å². The molecule has 0 atom stereocenters. The van der Waals surface area contributed by atoms with Crippen molar-refractivity contribution in [2.45, 2.75) is 13.1 Å². The maximum Gasteiger partial charge on any atom is 0.277 e. The zero-order valence-corrected chi connectivity index (χ0v) is 15.7. The first-order valence-corrected chi connectivity index (χ1v) is 9.46. The van der Waals surface area contributed by atoms with Gasteiger partial charge >= 0.3 is 0 Å². The molecule has 1 amide bonds. The van der Waals surface area contributed by atoms with Gasteiger partial charge in [0.2, 0.25) is 5.95 Å². The van der Waals surface area contributed by atoms with Crippen LogP contribution < -0.4 is 9.80 Å². The van der Waals surface area contributed by atoms with Crippen LogP contribution in [-0.2, 0) is 17.9 Å². The molecule has 1 aliphatic rings. The fourth-order valence-electron chi connectivity index (χ4n) is 3.44. The van der Waals surface area contributed by atoms with E-state index in [1.807, 2.05) is 29.2 Å². The standard InChI is InChI=1S/C20H23N5O3/c26-19(24-8-10-25(11-9-24)20-21-6-3-7-22-20)16-23(14-17-4-1-12-27-17)15-18-5-2-13-28-18/h1-7,12-13H,8-11,14-16H2/p+1. The number of amides is 1. The van der Waals surface area contributed by atoms with Crippen molar-refractivity contribution in [3.05, 3.63) is 66.8 Å². The van der Waals surface area contributed by atoms with Crippen LogP contribution in [0.1, 0.15) is 11.5 Å². The van der Waals surface area contributed by atoms with Gasteiger partial charge in [-0.3, -0.25) is 4.79 Å². The van der Waals surface area contributed by atoms with Crippen LogP contribution in [-0.4, -0.2) is 53.5 Å². The normalized spacial score (nSPS) is 14.6. The Morgan fingerprint density at radius 1 is 0.929 bits per heavy atom. The molecule has 0 unspecified atom stereocenters. The second-order valence-electron chi connectivity index (χ2n) is 6.86. The Hall–Kier alpha value is -3.13. The molecule has 4 rings (SSSR count). The van der Waals surface area contributed by atoms with Crippen LogP contribution in [0.3, 0.4) is 0 Å². The molecule has 3 aromatic rings. The number of carbonyl (C=O) groups is 1. The average Bonchev–Trinajstić information content (AvgIpc) is 3.43. The lowest BCUT2D eigenvalue weighted by molar-refractivity contribution is -0.921. The first-order valence-electron chi connectivity index (χ1n) is 9.46. The zero-order chi connectivity index (χ0) is 19.2. The van der Waals surface area contributed by atoms with E-state index >= 15 is 0 Å². The number of nitrogens with one attached hydrogen (secondary N) is 1. The molecule has 1 fully saturated rings. The van der Waals surface area contributed by atoms with Crippen molar-refractivity contribution in [1.29, 1.82) is 0 Å². The summed E-state index contributed by atoms with van der Waals surface area (Å²) in [4.78, 5) is 26.6.